The van der Waals surface area contributed by atoms with Crippen molar-refractivity contribution in [2.75, 3.05) is 12.3 Å². The minimum absolute atomic E-state index is 0.105. The number of aromatic nitrogens is 2. The molecular formula is C9H17N4O13P3. The lowest BCUT2D eigenvalue weighted by Gasteiger charge is -2.20. The average Bonchev–Trinajstić information content (AvgIpc) is 2.78. The van der Waals surface area contributed by atoms with E-state index >= 15 is 0 Å². The minimum atomic E-state index is -5.59. The van der Waals surface area contributed by atoms with E-state index in [0.29, 0.717) is 0 Å². The Morgan fingerprint density at radius 3 is 2.34 bits per heavy atom. The monoisotopic (exact) mass is 482 g/mol. The molecule has 0 spiro atoms. The standard InChI is InChI=1S/C9H17N4O13P3/c10-5-1-2-13(9(16)12-5)8-7(15)6(14)4(24-8)3-23-27(11,17)25-29(21,22)26-28(18,19)20/h1-2,4,6-8,14-15H,3H2,(H2,11,17)(H,21,22)(H2,10,12,16)(H2,18,19,20)/t4-,6?,7?,8-,27?/m1/s1. The highest BCUT2D eigenvalue weighted by Crippen LogP contribution is 2.65. The first-order valence-corrected chi connectivity index (χ1v) is 11.9. The van der Waals surface area contributed by atoms with Gasteiger partial charge in [-0.1, -0.05) is 0 Å². The van der Waals surface area contributed by atoms with Crippen molar-refractivity contribution in [2.24, 2.45) is 5.50 Å². The van der Waals surface area contributed by atoms with Gasteiger partial charge >= 0.3 is 29.1 Å². The van der Waals surface area contributed by atoms with Crippen molar-refractivity contribution in [2.45, 2.75) is 24.5 Å². The number of hydrogen-bond acceptors (Lipinski definition) is 12. The van der Waals surface area contributed by atoms with Crippen LogP contribution in [0.4, 0.5) is 5.82 Å². The second-order valence-corrected chi connectivity index (χ2v) is 10.1. The number of ether oxygens (including phenoxy) is 1. The maximum atomic E-state index is 11.9. The topological polar surface area (TPSA) is 276 Å². The first-order chi connectivity index (χ1) is 13.1. The molecule has 0 aromatic carbocycles. The molecule has 29 heavy (non-hydrogen) atoms. The molecule has 1 aliphatic rings. The molecule has 0 radical (unpaired) electrons. The van der Waals surface area contributed by atoms with E-state index in [4.69, 9.17) is 30.7 Å². The molecule has 1 aliphatic heterocycles. The van der Waals surface area contributed by atoms with Crippen molar-refractivity contribution in [3.05, 3.63) is 22.7 Å². The molecule has 1 fully saturated rings. The highest BCUT2D eigenvalue weighted by molar-refractivity contribution is 7.67. The van der Waals surface area contributed by atoms with E-state index < -0.39 is 60.2 Å². The van der Waals surface area contributed by atoms with E-state index in [-0.39, 0.29) is 5.82 Å². The molecule has 17 nitrogen and oxygen atoms in total. The molecule has 20 heteroatoms. The van der Waals surface area contributed by atoms with E-state index in [1.54, 1.807) is 0 Å². The summed E-state index contributed by atoms with van der Waals surface area (Å²) in [6.45, 7) is -0.893. The van der Waals surface area contributed by atoms with Crippen molar-refractivity contribution in [3.63, 3.8) is 0 Å². The Hall–Kier alpha value is -1.03. The predicted molar refractivity (Wildman–Crippen MR) is 90.6 cm³/mol. The normalized spacial score (nSPS) is 29.3. The van der Waals surface area contributed by atoms with E-state index in [2.05, 4.69) is 18.1 Å². The van der Waals surface area contributed by atoms with Crippen LogP contribution in [0.3, 0.4) is 0 Å². The lowest BCUT2D eigenvalue weighted by Crippen LogP contribution is -2.36. The highest BCUT2D eigenvalue weighted by atomic mass is 31.3. The number of nitrogens with zero attached hydrogens (tertiary/aromatic N) is 2. The van der Waals surface area contributed by atoms with Gasteiger partial charge in [-0.3, -0.25) is 9.09 Å². The molecule has 166 valence electrons. The second-order valence-electron chi connectivity index (χ2n) is 5.55. The molecule has 1 aromatic rings. The first kappa shape index (κ1) is 24.2. The zero-order chi connectivity index (χ0) is 22.2. The van der Waals surface area contributed by atoms with Gasteiger partial charge < -0.3 is 35.4 Å². The number of aliphatic hydroxyl groups excluding tert-OH is 2. The zero-order valence-corrected chi connectivity index (χ0v) is 16.7. The third-order valence-corrected chi connectivity index (χ3v) is 7.23. The Kier molecular flexibility index (Phi) is 7.20. The van der Waals surface area contributed by atoms with Gasteiger partial charge in [0.25, 0.3) is 0 Å². The predicted octanol–water partition coefficient (Wildman–Crippen LogP) is -2.25. The fourth-order valence-corrected chi connectivity index (χ4v) is 5.37. The second kappa shape index (κ2) is 8.61. The van der Waals surface area contributed by atoms with Crippen LogP contribution in [0, 0.1) is 0 Å². The Labute approximate surface area is 161 Å². The maximum Gasteiger partial charge on any atom is 0.489 e. The molecule has 2 heterocycles. The quantitative estimate of drug-likeness (QED) is 0.193. The summed E-state index contributed by atoms with van der Waals surface area (Å²) in [5, 5.41) is 20.0. The Bertz CT molecular complexity index is 948. The lowest BCUT2D eigenvalue weighted by molar-refractivity contribution is -0.0524. The van der Waals surface area contributed by atoms with Crippen LogP contribution < -0.4 is 16.9 Å². The summed E-state index contributed by atoms with van der Waals surface area (Å²) in [6, 6.07) is 1.22. The van der Waals surface area contributed by atoms with Crippen molar-refractivity contribution >= 4 is 29.2 Å². The van der Waals surface area contributed by atoms with Crippen LogP contribution in [0.15, 0.2) is 17.1 Å². The molecule has 4 unspecified atom stereocenters. The highest BCUT2D eigenvalue weighted by Gasteiger charge is 2.46. The van der Waals surface area contributed by atoms with Crippen LogP contribution in [0.2, 0.25) is 0 Å². The lowest BCUT2D eigenvalue weighted by atomic mass is 10.1. The number of hydrogen-bond donors (Lipinski definition) is 7. The third kappa shape index (κ3) is 6.73. The summed E-state index contributed by atoms with van der Waals surface area (Å²) in [6.07, 6.45) is -5.14. The summed E-state index contributed by atoms with van der Waals surface area (Å²) in [5.74, 6) is -0.105. The van der Waals surface area contributed by atoms with E-state index in [9.17, 15) is 28.7 Å². The van der Waals surface area contributed by atoms with Gasteiger partial charge in [0.1, 0.15) is 24.1 Å². The van der Waals surface area contributed by atoms with Gasteiger partial charge in [-0.2, -0.15) is 13.6 Å². The third-order valence-electron chi connectivity index (χ3n) is 3.31. The van der Waals surface area contributed by atoms with E-state index in [1.807, 2.05) is 0 Å². The maximum absolute atomic E-state index is 11.9. The molecule has 2 rings (SSSR count). The SMILES string of the molecule is Nc1ccn([C@@H]2O[C@H](COP(N)(=O)OP(=O)(O)OP(=O)(O)O)C(O)C2O)c(=O)n1. The molecule has 0 aliphatic carbocycles. The van der Waals surface area contributed by atoms with Crippen LogP contribution in [0.5, 0.6) is 0 Å². The number of aliphatic hydroxyl groups is 2. The van der Waals surface area contributed by atoms with Gasteiger partial charge in [0.15, 0.2) is 6.23 Å². The van der Waals surface area contributed by atoms with Crippen LogP contribution in [-0.4, -0.2) is 59.4 Å². The molecule has 0 saturated carbocycles. The zero-order valence-electron chi connectivity index (χ0n) is 14.1. The molecule has 1 saturated heterocycles. The number of rotatable bonds is 8. The van der Waals surface area contributed by atoms with Gasteiger partial charge in [0, 0.05) is 6.20 Å². The summed E-state index contributed by atoms with van der Waals surface area (Å²) >= 11 is 0. The largest absolute Gasteiger partial charge is 0.489 e. The Balaban J connectivity index is 2.05. The fraction of sp³-hybridized carbons (Fsp3) is 0.556. The van der Waals surface area contributed by atoms with Crippen LogP contribution >= 0.6 is 23.4 Å². The van der Waals surface area contributed by atoms with Crippen molar-refractivity contribution in [1.82, 2.24) is 9.55 Å². The van der Waals surface area contributed by atoms with Crippen molar-refractivity contribution in [1.29, 1.82) is 0 Å². The molecule has 0 bridgehead atoms. The van der Waals surface area contributed by atoms with Crippen LogP contribution in [-0.2, 0) is 31.6 Å². The minimum Gasteiger partial charge on any atom is -0.387 e. The molecule has 1 aromatic heterocycles. The average molecular weight is 482 g/mol. The summed E-state index contributed by atoms with van der Waals surface area (Å²) in [5.41, 5.74) is 9.46. The van der Waals surface area contributed by atoms with E-state index in [0.717, 1.165) is 10.8 Å². The van der Waals surface area contributed by atoms with Gasteiger partial charge in [-0.25, -0.2) is 24.0 Å². The molecular weight excluding hydrogens is 465 g/mol. The smallest absolute Gasteiger partial charge is 0.387 e. The van der Waals surface area contributed by atoms with Gasteiger partial charge in [0.2, 0.25) is 0 Å². The molecule has 6 atom stereocenters. The van der Waals surface area contributed by atoms with Crippen LogP contribution in [0.25, 0.3) is 0 Å². The summed E-state index contributed by atoms with van der Waals surface area (Å²) < 4.78 is 51.7. The number of nitrogen functional groups attached to an aromatic ring is 1. The Morgan fingerprint density at radius 1 is 1.17 bits per heavy atom. The molecule has 9 N–H and O–H groups in total. The Morgan fingerprint density at radius 2 is 1.79 bits per heavy atom. The molecule has 0 amide bonds. The van der Waals surface area contributed by atoms with Gasteiger partial charge in [0.05, 0.1) is 6.61 Å². The van der Waals surface area contributed by atoms with Crippen molar-refractivity contribution in [3.8, 4) is 0 Å². The summed E-state index contributed by atoms with van der Waals surface area (Å²) in [4.78, 5) is 41.3. The first-order valence-electron chi connectivity index (χ1n) is 7.31. The number of anilines is 1. The number of phosphoric acid groups is 2. The number of nitrogens with two attached hydrogens (primary N) is 2. The summed E-state index contributed by atoms with van der Waals surface area (Å²) in [7, 11) is -16.0. The fourth-order valence-electron chi connectivity index (χ4n) is 2.21. The van der Waals surface area contributed by atoms with E-state index in [1.165, 1.54) is 6.07 Å². The van der Waals surface area contributed by atoms with Crippen molar-refractivity contribution < 1.29 is 56.5 Å². The van der Waals surface area contributed by atoms with Gasteiger partial charge in [-0.05, 0) is 6.07 Å². The van der Waals surface area contributed by atoms with Crippen LogP contribution in [0.1, 0.15) is 6.23 Å². The van der Waals surface area contributed by atoms with Gasteiger partial charge in [-0.15, -0.1) is 0 Å².